The first kappa shape index (κ1) is 25.2. The van der Waals surface area contributed by atoms with Gasteiger partial charge in [0.25, 0.3) is 5.91 Å². The quantitative estimate of drug-likeness (QED) is 0.341. The van der Waals surface area contributed by atoms with Crippen LogP contribution in [0.3, 0.4) is 0 Å². The number of fused-ring (bicyclic) bond motifs is 1. The van der Waals surface area contributed by atoms with Crippen LogP contribution >= 0.6 is 0 Å². The third-order valence-electron chi connectivity index (χ3n) is 6.66. The van der Waals surface area contributed by atoms with Crippen LogP contribution in [0.1, 0.15) is 51.6 Å². The first-order valence-electron chi connectivity index (χ1n) is 12.4. The first-order valence-corrected chi connectivity index (χ1v) is 12.4. The Morgan fingerprint density at radius 3 is 2.68 bits per heavy atom. The molecule has 0 N–H and O–H groups in total. The molecule has 1 atom stereocenters. The molecular formula is C30H28FN3O4. The summed E-state index contributed by atoms with van der Waals surface area (Å²) in [6.07, 6.45) is 2.03. The van der Waals surface area contributed by atoms with Gasteiger partial charge in [0.05, 0.1) is 6.04 Å². The lowest BCUT2D eigenvalue weighted by atomic mass is 9.88. The van der Waals surface area contributed by atoms with Crippen molar-refractivity contribution in [3.8, 4) is 5.75 Å². The number of nitrogens with zero attached hydrogens (tertiary/aromatic N) is 3. The number of carbonyl (C=O) groups is 2. The molecule has 0 fully saturated rings. The minimum atomic E-state index is -0.415. The number of amides is 2. The summed E-state index contributed by atoms with van der Waals surface area (Å²) in [6.45, 7) is 2.55. The summed E-state index contributed by atoms with van der Waals surface area (Å²) in [5, 5.41) is 0. The average molecular weight is 514 g/mol. The van der Waals surface area contributed by atoms with Gasteiger partial charge in [-0.05, 0) is 52.9 Å². The lowest BCUT2D eigenvalue weighted by Crippen LogP contribution is -2.39. The Bertz CT molecular complexity index is 1450. The predicted octanol–water partition coefficient (Wildman–Crippen LogP) is 5.16. The fraction of sp³-hybridized carbons (Fsp3) is 0.233. The Hall–Kier alpha value is -4.46. The van der Waals surface area contributed by atoms with Crippen LogP contribution in [0.15, 0.2) is 83.5 Å². The summed E-state index contributed by atoms with van der Waals surface area (Å²) in [5.41, 5.74) is 3.89. The number of rotatable bonds is 7. The SMILES string of the molecule is CC(=O)N1CCc2ccc(OCc3nc(C(=O)N(C)Cc4ccccc4)co3)cc2C1c1cccc(F)c1. The summed E-state index contributed by atoms with van der Waals surface area (Å²) in [5.74, 6) is 0.147. The molecule has 0 bridgehead atoms. The molecule has 2 heterocycles. The van der Waals surface area contributed by atoms with Gasteiger partial charge < -0.3 is 19.0 Å². The van der Waals surface area contributed by atoms with Crippen molar-refractivity contribution >= 4 is 11.8 Å². The van der Waals surface area contributed by atoms with Crippen LogP contribution in [0, 0.1) is 5.82 Å². The zero-order valence-corrected chi connectivity index (χ0v) is 21.3. The van der Waals surface area contributed by atoms with Gasteiger partial charge in [-0.2, -0.15) is 0 Å². The van der Waals surface area contributed by atoms with Crippen molar-refractivity contribution in [1.29, 1.82) is 0 Å². The van der Waals surface area contributed by atoms with Crippen LogP contribution in [0.4, 0.5) is 4.39 Å². The maximum Gasteiger partial charge on any atom is 0.275 e. The largest absolute Gasteiger partial charge is 0.484 e. The monoisotopic (exact) mass is 513 g/mol. The van der Waals surface area contributed by atoms with E-state index < -0.39 is 6.04 Å². The van der Waals surface area contributed by atoms with Gasteiger partial charge in [-0.25, -0.2) is 9.37 Å². The molecule has 1 aliphatic rings. The van der Waals surface area contributed by atoms with E-state index in [4.69, 9.17) is 9.15 Å². The van der Waals surface area contributed by atoms with Gasteiger partial charge in [0.2, 0.25) is 11.8 Å². The van der Waals surface area contributed by atoms with Crippen molar-refractivity contribution in [3.63, 3.8) is 0 Å². The molecule has 5 rings (SSSR count). The number of aromatic nitrogens is 1. The number of hydrogen-bond donors (Lipinski definition) is 0. The van der Waals surface area contributed by atoms with E-state index in [0.29, 0.717) is 30.8 Å². The molecule has 0 saturated heterocycles. The molecular weight excluding hydrogens is 485 g/mol. The van der Waals surface area contributed by atoms with E-state index in [9.17, 15) is 14.0 Å². The molecule has 7 nitrogen and oxygen atoms in total. The zero-order chi connectivity index (χ0) is 26.6. The maximum absolute atomic E-state index is 14.1. The lowest BCUT2D eigenvalue weighted by Gasteiger charge is -2.37. The summed E-state index contributed by atoms with van der Waals surface area (Å²) < 4.78 is 25.5. The molecule has 38 heavy (non-hydrogen) atoms. The van der Waals surface area contributed by atoms with Crippen LogP contribution in [0.5, 0.6) is 5.75 Å². The molecule has 8 heteroatoms. The van der Waals surface area contributed by atoms with Crippen molar-refractivity contribution in [3.05, 3.63) is 119 Å². The Morgan fingerprint density at radius 2 is 1.92 bits per heavy atom. The van der Waals surface area contributed by atoms with Crippen molar-refractivity contribution < 1.29 is 23.1 Å². The van der Waals surface area contributed by atoms with E-state index in [-0.39, 0.29) is 35.8 Å². The fourth-order valence-corrected chi connectivity index (χ4v) is 4.80. The molecule has 1 unspecified atom stereocenters. The molecule has 0 aliphatic carbocycles. The van der Waals surface area contributed by atoms with Crippen LogP contribution in [-0.2, 0) is 24.4 Å². The first-order chi connectivity index (χ1) is 18.4. The fourth-order valence-electron chi connectivity index (χ4n) is 4.80. The number of ether oxygens (including phenoxy) is 1. The van der Waals surface area contributed by atoms with Gasteiger partial charge in [-0.1, -0.05) is 48.5 Å². The minimum absolute atomic E-state index is 0.0233. The zero-order valence-electron chi connectivity index (χ0n) is 21.3. The van der Waals surface area contributed by atoms with Gasteiger partial charge in [-0.15, -0.1) is 0 Å². The summed E-state index contributed by atoms with van der Waals surface area (Å²) in [7, 11) is 1.71. The van der Waals surface area contributed by atoms with Gasteiger partial charge in [-0.3, -0.25) is 9.59 Å². The van der Waals surface area contributed by atoms with Crippen LogP contribution in [-0.4, -0.2) is 40.2 Å². The number of halogens is 1. The molecule has 1 aliphatic heterocycles. The number of benzene rings is 3. The van der Waals surface area contributed by atoms with E-state index in [1.54, 1.807) is 22.9 Å². The highest BCUT2D eigenvalue weighted by Crippen LogP contribution is 2.37. The van der Waals surface area contributed by atoms with E-state index in [1.807, 2.05) is 54.6 Å². The lowest BCUT2D eigenvalue weighted by molar-refractivity contribution is -0.130. The van der Waals surface area contributed by atoms with E-state index >= 15 is 0 Å². The maximum atomic E-state index is 14.1. The summed E-state index contributed by atoms with van der Waals surface area (Å²) >= 11 is 0. The molecule has 1 aromatic heterocycles. The van der Waals surface area contributed by atoms with Crippen molar-refractivity contribution in [1.82, 2.24) is 14.8 Å². The van der Waals surface area contributed by atoms with Crippen LogP contribution in [0.2, 0.25) is 0 Å². The summed E-state index contributed by atoms with van der Waals surface area (Å²) in [6, 6.07) is 21.3. The molecule has 2 amide bonds. The highest BCUT2D eigenvalue weighted by atomic mass is 19.1. The normalized spacial score (nSPS) is 14.6. The predicted molar refractivity (Wildman–Crippen MR) is 139 cm³/mol. The highest BCUT2D eigenvalue weighted by Gasteiger charge is 2.31. The topological polar surface area (TPSA) is 75.9 Å². The van der Waals surface area contributed by atoms with Gasteiger partial charge in [0.15, 0.2) is 12.3 Å². The van der Waals surface area contributed by atoms with Gasteiger partial charge >= 0.3 is 0 Å². The van der Waals surface area contributed by atoms with Gasteiger partial charge in [0.1, 0.15) is 17.8 Å². The van der Waals surface area contributed by atoms with Crippen molar-refractivity contribution in [2.24, 2.45) is 0 Å². The number of carbonyl (C=O) groups excluding carboxylic acids is 2. The molecule has 194 valence electrons. The van der Waals surface area contributed by atoms with Crippen LogP contribution in [0.25, 0.3) is 0 Å². The van der Waals surface area contributed by atoms with E-state index in [0.717, 1.165) is 16.7 Å². The third-order valence-corrected chi connectivity index (χ3v) is 6.66. The second-order valence-corrected chi connectivity index (χ2v) is 9.34. The second kappa shape index (κ2) is 10.9. The van der Waals surface area contributed by atoms with Crippen LogP contribution < -0.4 is 4.74 Å². The Labute approximate surface area is 220 Å². The smallest absolute Gasteiger partial charge is 0.275 e. The number of oxazole rings is 1. The molecule has 0 saturated carbocycles. The molecule has 4 aromatic rings. The molecule has 3 aromatic carbocycles. The Morgan fingerprint density at radius 1 is 1.11 bits per heavy atom. The second-order valence-electron chi connectivity index (χ2n) is 9.34. The average Bonchev–Trinajstić information content (AvgIpc) is 3.40. The van der Waals surface area contributed by atoms with Crippen molar-refractivity contribution in [2.75, 3.05) is 13.6 Å². The van der Waals surface area contributed by atoms with Crippen molar-refractivity contribution in [2.45, 2.75) is 32.5 Å². The third kappa shape index (κ3) is 5.44. The van der Waals surface area contributed by atoms with E-state index in [1.165, 1.54) is 25.3 Å². The summed E-state index contributed by atoms with van der Waals surface area (Å²) in [4.78, 5) is 32.8. The standard InChI is InChI=1S/C30H28FN3O4/c1-20(35)34-14-13-22-11-12-25(16-26(22)29(34)23-9-6-10-24(31)15-23)37-19-28-32-27(18-38-28)30(36)33(2)17-21-7-4-3-5-8-21/h3-12,15-16,18,29H,13-14,17,19H2,1-2H3. The molecule has 0 radical (unpaired) electrons. The van der Waals surface area contributed by atoms with E-state index in [2.05, 4.69) is 4.98 Å². The molecule has 0 spiro atoms. The minimum Gasteiger partial charge on any atom is -0.484 e. The number of hydrogen-bond acceptors (Lipinski definition) is 5. The van der Waals surface area contributed by atoms with Gasteiger partial charge in [0, 0.05) is 27.1 Å². The highest BCUT2D eigenvalue weighted by molar-refractivity contribution is 5.91. The Balaban J connectivity index is 1.30. The Kier molecular flexibility index (Phi) is 7.22.